The third kappa shape index (κ3) is 1.99. The smallest absolute Gasteiger partial charge is 0.0656 e. The summed E-state index contributed by atoms with van der Waals surface area (Å²) in [5, 5.41) is 1.99. The fraction of sp³-hybridized carbons (Fsp3) is 1.00. The van der Waals surface area contributed by atoms with Gasteiger partial charge in [-0.05, 0) is 13.3 Å². The monoisotopic (exact) mass is 137 g/mol. The molecule has 0 radical (unpaired) electrons. The van der Waals surface area contributed by atoms with Crippen LogP contribution in [0.1, 0.15) is 13.3 Å². The molecular formula is C5H12ClNO. The van der Waals surface area contributed by atoms with Crippen LogP contribution in [-0.2, 0) is 4.84 Å². The Morgan fingerprint density at radius 3 is 2.25 bits per heavy atom. The Bertz CT molecular complexity index is 56.4. The Hall–Kier alpha value is 0.210. The van der Waals surface area contributed by atoms with Crippen LogP contribution in [0.15, 0.2) is 0 Å². The van der Waals surface area contributed by atoms with Crippen LogP contribution in [0.3, 0.4) is 0 Å². The van der Waals surface area contributed by atoms with Crippen LogP contribution >= 0.6 is 12.4 Å². The predicted octanol–water partition coefficient (Wildman–Crippen LogP) is 1.07. The summed E-state index contributed by atoms with van der Waals surface area (Å²) in [4.78, 5) is 5.11. The lowest BCUT2D eigenvalue weighted by molar-refractivity contribution is -0.192. The normalized spacial score (nSPS) is 19.1. The van der Waals surface area contributed by atoms with Gasteiger partial charge in [0.05, 0.1) is 6.61 Å². The molecule has 50 valence electrons. The molecule has 0 atom stereocenters. The molecule has 0 aliphatic carbocycles. The van der Waals surface area contributed by atoms with Crippen LogP contribution in [-0.4, -0.2) is 24.8 Å². The molecule has 8 heavy (non-hydrogen) atoms. The first-order valence-corrected chi connectivity index (χ1v) is 2.81. The minimum absolute atomic E-state index is 0. The van der Waals surface area contributed by atoms with Gasteiger partial charge in [-0.1, -0.05) is 0 Å². The largest absolute Gasteiger partial charge is 0.299 e. The Morgan fingerprint density at radius 2 is 2.12 bits per heavy atom. The Morgan fingerprint density at radius 1 is 1.50 bits per heavy atom. The van der Waals surface area contributed by atoms with Crippen molar-refractivity contribution in [3.8, 4) is 0 Å². The van der Waals surface area contributed by atoms with Crippen molar-refractivity contribution in [2.75, 3.05) is 19.7 Å². The first-order valence-electron chi connectivity index (χ1n) is 2.81. The fourth-order valence-electron chi connectivity index (χ4n) is 0.599. The molecule has 1 aliphatic rings. The van der Waals surface area contributed by atoms with Crippen molar-refractivity contribution >= 4 is 12.4 Å². The summed E-state index contributed by atoms with van der Waals surface area (Å²) < 4.78 is 0. The minimum atomic E-state index is 0. The van der Waals surface area contributed by atoms with E-state index in [1.807, 2.05) is 12.0 Å². The molecule has 0 aromatic rings. The highest BCUT2D eigenvalue weighted by molar-refractivity contribution is 5.85. The van der Waals surface area contributed by atoms with Crippen LogP contribution in [0.2, 0.25) is 0 Å². The maximum absolute atomic E-state index is 5.11. The highest BCUT2D eigenvalue weighted by Gasteiger charge is 2.11. The molecule has 3 heteroatoms. The molecule has 0 spiro atoms. The SMILES string of the molecule is CCON1CCC1.Cl. The summed E-state index contributed by atoms with van der Waals surface area (Å²) >= 11 is 0. The molecule has 1 fully saturated rings. The average molecular weight is 138 g/mol. The van der Waals surface area contributed by atoms with Gasteiger partial charge in [-0.2, -0.15) is 5.06 Å². The summed E-state index contributed by atoms with van der Waals surface area (Å²) in [5.41, 5.74) is 0. The van der Waals surface area contributed by atoms with Gasteiger partial charge in [0, 0.05) is 13.1 Å². The van der Waals surface area contributed by atoms with Crippen LogP contribution in [0, 0.1) is 0 Å². The number of halogens is 1. The second kappa shape index (κ2) is 4.13. The lowest BCUT2D eigenvalue weighted by Gasteiger charge is -2.28. The third-order valence-corrected chi connectivity index (χ3v) is 1.13. The molecule has 1 heterocycles. The van der Waals surface area contributed by atoms with E-state index in [2.05, 4.69) is 0 Å². The second-order valence-electron chi connectivity index (χ2n) is 1.70. The van der Waals surface area contributed by atoms with Gasteiger partial charge >= 0.3 is 0 Å². The minimum Gasteiger partial charge on any atom is -0.299 e. The van der Waals surface area contributed by atoms with Crippen LogP contribution in [0.4, 0.5) is 0 Å². The maximum Gasteiger partial charge on any atom is 0.0656 e. The van der Waals surface area contributed by atoms with Gasteiger partial charge in [-0.15, -0.1) is 12.4 Å². The molecule has 1 aliphatic heterocycles. The Kier molecular flexibility index (Phi) is 4.23. The van der Waals surface area contributed by atoms with E-state index in [9.17, 15) is 0 Å². The van der Waals surface area contributed by atoms with Gasteiger partial charge in [0.2, 0.25) is 0 Å². The second-order valence-corrected chi connectivity index (χ2v) is 1.70. The van der Waals surface area contributed by atoms with Gasteiger partial charge < -0.3 is 0 Å². The zero-order valence-corrected chi connectivity index (χ0v) is 5.91. The van der Waals surface area contributed by atoms with Crippen molar-refractivity contribution in [2.24, 2.45) is 0 Å². The van der Waals surface area contributed by atoms with Crippen molar-refractivity contribution in [2.45, 2.75) is 13.3 Å². The highest BCUT2D eigenvalue weighted by Crippen LogP contribution is 2.04. The van der Waals surface area contributed by atoms with E-state index < -0.39 is 0 Å². The average Bonchev–Trinajstić information content (AvgIpc) is 1.55. The number of rotatable bonds is 2. The van der Waals surface area contributed by atoms with E-state index >= 15 is 0 Å². The van der Waals surface area contributed by atoms with Crippen molar-refractivity contribution in [1.82, 2.24) is 5.06 Å². The lowest BCUT2D eigenvalue weighted by Crippen LogP contribution is -2.36. The Labute approximate surface area is 56.2 Å². The van der Waals surface area contributed by atoms with Crippen molar-refractivity contribution in [1.29, 1.82) is 0 Å². The zero-order chi connectivity index (χ0) is 5.11. The van der Waals surface area contributed by atoms with Crippen molar-refractivity contribution in [3.05, 3.63) is 0 Å². The molecule has 2 nitrogen and oxygen atoms in total. The highest BCUT2D eigenvalue weighted by atomic mass is 35.5. The van der Waals surface area contributed by atoms with Crippen LogP contribution in [0.5, 0.6) is 0 Å². The van der Waals surface area contributed by atoms with E-state index in [4.69, 9.17) is 4.84 Å². The number of nitrogens with zero attached hydrogens (tertiary/aromatic N) is 1. The molecular weight excluding hydrogens is 126 g/mol. The molecule has 0 aromatic carbocycles. The molecule has 0 unspecified atom stereocenters. The summed E-state index contributed by atoms with van der Waals surface area (Å²) in [6.45, 7) is 5.10. The fourth-order valence-corrected chi connectivity index (χ4v) is 0.599. The molecule has 1 rings (SSSR count). The third-order valence-electron chi connectivity index (χ3n) is 1.13. The number of hydrogen-bond donors (Lipinski definition) is 0. The quantitative estimate of drug-likeness (QED) is 0.565. The molecule has 0 amide bonds. The molecule has 0 saturated carbocycles. The van der Waals surface area contributed by atoms with Gasteiger partial charge in [0.25, 0.3) is 0 Å². The Balaban J connectivity index is 0.000000490. The molecule has 0 bridgehead atoms. The van der Waals surface area contributed by atoms with E-state index in [0.29, 0.717) is 0 Å². The summed E-state index contributed by atoms with van der Waals surface area (Å²) in [6.07, 6.45) is 1.31. The van der Waals surface area contributed by atoms with Gasteiger partial charge in [0.1, 0.15) is 0 Å². The molecule has 0 N–H and O–H groups in total. The van der Waals surface area contributed by atoms with E-state index in [1.54, 1.807) is 0 Å². The van der Waals surface area contributed by atoms with E-state index in [1.165, 1.54) is 6.42 Å². The number of hydrogen-bond acceptors (Lipinski definition) is 2. The van der Waals surface area contributed by atoms with Gasteiger partial charge in [0.15, 0.2) is 0 Å². The van der Waals surface area contributed by atoms with Gasteiger partial charge in [-0.3, -0.25) is 4.84 Å². The van der Waals surface area contributed by atoms with Gasteiger partial charge in [-0.25, -0.2) is 0 Å². The summed E-state index contributed by atoms with van der Waals surface area (Å²) in [7, 11) is 0. The lowest BCUT2D eigenvalue weighted by atomic mass is 10.3. The summed E-state index contributed by atoms with van der Waals surface area (Å²) in [6, 6.07) is 0. The van der Waals surface area contributed by atoms with Crippen molar-refractivity contribution in [3.63, 3.8) is 0 Å². The topological polar surface area (TPSA) is 12.5 Å². The van der Waals surface area contributed by atoms with E-state index in [-0.39, 0.29) is 12.4 Å². The zero-order valence-electron chi connectivity index (χ0n) is 5.09. The first-order chi connectivity index (χ1) is 3.43. The number of hydroxylamine groups is 2. The van der Waals surface area contributed by atoms with Crippen LogP contribution in [0.25, 0.3) is 0 Å². The molecule has 0 aromatic heterocycles. The van der Waals surface area contributed by atoms with Crippen LogP contribution < -0.4 is 0 Å². The van der Waals surface area contributed by atoms with Crippen molar-refractivity contribution < 1.29 is 4.84 Å². The first kappa shape index (κ1) is 8.21. The predicted molar refractivity (Wildman–Crippen MR) is 35.1 cm³/mol. The van der Waals surface area contributed by atoms with E-state index in [0.717, 1.165) is 19.7 Å². The summed E-state index contributed by atoms with van der Waals surface area (Å²) in [5.74, 6) is 0. The molecule has 1 saturated heterocycles. The standard InChI is InChI=1S/C5H11NO.ClH/c1-2-7-6-4-3-5-6;/h2-5H2,1H3;1H. The maximum atomic E-state index is 5.11.